The topological polar surface area (TPSA) is 64.7 Å². The molecule has 0 radical (unpaired) electrons. The maximum atomic E-state index is 5.51. The Bertz CT molecular complexity index is 424. The van der Waals surface area contributed by atoms with Gasteiger partial charge in [-0.3, -0.25) is 4.98 Å². The van der Waals surface area contributed by atoms with Crippen LogP contribution >= 0.6 is 11.3 Å². The van der Waals surface area contributed by atoms with Crippen molar-refractivity contribution in [3.8, 4) is 10.7 Å². The number of thiazole rings is 1. The summed E-state index contributed by atoms with van der Waals surface area (Å²) in [4.78, 5) is 13.4. The predicted molar refractivity (Wildman–Crippen MR) is 52.3 cm³/mol. The molecule has 2 N–H and O–H groups in total. The number of aryl methyl sites for hydroxylation is 1. The fourth-order valence-corrected chi connectivity index (χ4v) is 1.68. The van der Waals surface area contributed by atoms with Gasteiger partial charge in [0.05, 0.1) is 12.4 Å². The molecule has 0 unspecified atom stereocenters. The number of aromatic nitrogens is 3. The van der Waals surface area contributed by atoms with E-state index in [1.807, 2.05) is 13.1 Å². The van der Waals surface area contributed by atoms with E-state index in [9.17, 15) is 0 Å². The van der Waals surface area contributed by atoms with Crippen LogP contribution in [0.15, 0.2) is 18.6 Å². The third-order valence-corrected chi connectivity index (χ3v) is 2.43. The summed E-state index contributed by atoms with van der Waals surface area (Å²) >= 11 is 1.58. The summed E-state index contributed by atoms with van der Waals surface area (Å²) in [5.74, 6) is 0.422. The molecule has 0 atom stereocenters. The van der Waals surface area contributed by atoms with Crippen LogP contribution in [0.5, 0.6) is 0 Å². The molecule has 4 nitrogen and oxygen atoms in total. The van der Waals surface area contributed by atoms with Crippen molar-refractivity contribution in [2.45, 2.75) is 6.92 Å². The molecule has 66 valence electrons. The zero-order valence-corrected chi connectivity index (χ0v) is 7.88. The van der Waals surface area contributed by atoms with Gasteiger partial charge in [0.1, 0.15) is 16.5 Å². The van der Waals surface area contributed by atoms with E-state index in [4.69, 9.17) is 5.73 Å². The largest absolute Gasteiger partial charge is 0.382 e. The van der Waals surface area contributed by atoms with Crippen LogP contribution in [0.3, 0.4) is 0 Å². The van der Waals surface area contributed by atoms with Gasteiger partial charge in [0.25, 0.3) is 0 Å². The van der Waals surface area contributed by atoms with Gasteiger partial charge in [-0.25, -0.2) is 9.97 Å². The molecule has 0 spiro atoms. The number of hydrogen-bond donors (Lipinski definition) is 1. The Labute approximate surface area is 79.5 Å². The molecule has 2 aromatic heterocycles. The van der Waals surface area contributed by atoms with Crippen LogP contribution in [0.1, 0.15) is 4.88 Å². The molecule has 13 heavy (non-hydrogen) atoms. The zero-order valence-electron chi connectivity index (χ0n) is 7.06. The van der Waals surface area contributed by atoms with Crippen molar-refractivity contribution in [1.29, 1.82) is 0 Å². The predicted octanol–water partition coefficient (Wildman–Crippen LogP) is 1.49. The van der Waals surface area contributed by atoms with Gasteiger partial charge in [-0.1, -0.05) is 0 Å². The monoisotopic (exact) mass is 192 g/mol. The molecule has 0 aliphatic rings. The Morgan fingerprint density at radius 1 is 1.31 bits per heavy atom. The van der Waals surface area contributed by atoms with Crippen LogP contribution in [-0.4, -0.2) is 15.0 Å². The highest BCUT2D eigenvalue weighted by atomic mass is 32.1. The van der Waals surface area contributed by atoms with Crippen LogP contribution in [-0.2, 0) is 0 Å². The van der Waals surface area contributed by atoms with E-state index in [-0.39, 0.29) is 0 Å². The Kier molecular flexibility index (Phi) is 1.94. The second kappa shape index (κ2) is 3.10. The average molecular weight is 192 g/mol. The van der Waals surface area contributed by atoms with Crippen molar-refractivity contribution in [3.63, 3.8) is 0 Å². The minimum atomic E-state index is 0.422. The highest BCUT2D eigenvalue weighted by Gasteiger charge is 2.03. The van der Waals surface area contributed by atoms with E-state index in [1.165, 1.54) is 6.20 Å². The van der Waals surface area contributed by atoms with Gasteiger partial charge in [0.15, 0.2) is 0 Å². The number of nitrogen functional groups attached to an aromatic ring is 1. The molecular weight excluding hydrogens is 184 g/mol. The second-order valence-electron chi connectivity index (χ2n) is 2.61. The average Bonchev–Trinajstić information content (AvgIpc) is 2.52. The summed E-state index contributed by atoms with van der Waals surface area (Å²) in [5, 5.41) is 0.859. The van der Waals surface area contributed by atoms with Crippen LogP contribution in [0.25, 0.3) is 10.7 Å². The molecule has 0 aliphatic heterocycles. The standard InChI is InChI=1S/C8H8N4S/c1-5-2-11-8(13-5)6-3-10-4-7(9)12-6/h2-4H,1H3,(H2,9,12). The zero-order chi connectivity index (χ0) is 9.26. The van der Waals surface area contributed by atoms with Crippen molar-refractivity contribution in [2.24, 2.45) is 0 Å². The summed E-state index contributed by atoms with van der Waals surface area (Å²) in [6.45, 7) is 2.00. The van der Waals surface area contributed by atoms with Gasteiger partial charge in [0.2, 0.25) is 0 Å². The van der Waals surface area contributed by atoms with E-state index >= 15 is 0 Å². The molecule has 0 saturated heterocycles. The lowest BCUT2D eigenvalue weighted by Crippen LogP contribution is -1.92. The molecule has 0 saturated carbocycles. The van der Waals surface area contributed by atoms with E-state index in [2.05, 4.69) is 15.0 Å². The van der Waals surface area contributed by atoms with E-state index < -0.39 is 0 Å². The Morgan fingerprint density at radius 2 is 2.15 bits per heavy atom. The van der Waals surface area contributed by atoms with Crippen molar-refractivity contribution in [3.05, 3.63) is 23.5 Å². The minimum Gasteiger partial charge on any atom is -0.382 e. The third-order valence-electron chi connectivity index (χ3n) is 1.49. The Morgan fingerprint density at radius 3 is 2.77 bits per heavy atom. The highest BCUT2D eigenvalue weighted by molar-refractivity contribution is 7.14. The van der Waals surface area contributed by atoms with Crippen LogP contribution in [0.4, 0.5) is 5.82 Å². The third kappa shape index (κ3) is 1.65. The van der Waals surface area contributed by atoms with Crippen LogP contribution in [0.2, 0.25) is 0 Å². The minimum absolute atomic E-state index is 0.422. The van der Waals surface area contributed by atoms with Crippen molar-refractivity contribution in [2.75, 3.05) is 5.73 Å². The first-order valence-corrected chi connectivity index (χ1v) is 4.57. The van der Waals surface area contributed by atoms with Gasteiger partial charge < -0.3 is 5.73 Å². The quantitative estimate of drug-likeness (QED) is 0.743. The maximum Gasteiger partial charge on any atom is 0.143 e. The van der Waals surface area contributed by atoms with Crippen molar-refractivity contribution >= 4 is 17.2 Å². The highest BCUT2D eigenvalue weighted by Crippen LogP contribution is 2.22. The molecule has 2 heterocycles. The maximum absolute atomic E-state index is 5.51. The lowest BCUT2D eigenvalue weighted by Gasteiger charge is -1.94. The Hall–Kier alpha value is -1.49. The second-order valence-corrected chi connectivity index (χ2v) is 3.84. The van der Waals surface area contributed by atoms with Gasteiger partial charge in [-0.2, -0.15) is 0 Å². The van der Waals surface area contributed by atoms with Crippen LogP contribution in [0, 0.1) is 6.92 Å². The molecule has 0 amide bonds. The van der Waals surface area contributed by atoms with Gasteiger partial charge in [-0.05, 0) is 6.92 Å². The summed E-state index contributed by atoms with van der Waals surface area (Å²) in [6, 6.07) is 0. The van der Waals surface area contributed by atoms with Crippen molar-refractivity contribution < 1.29 is 0 Å². The van der Waals surface area contributed by atoms with Crippen LogP contribution < -0.4 is 5.73 Å². The van der Waals surface area contributed by atoms with E-state index in [0.717, 1.165) is 15.6 Å². The lowest BCUT2D eigenvalue weighted by atomic mass is 10.5. The fourth-order valence-electron chi connectivity index (χ4n) is 0.957. The summed E-state index contributed by atoms with van der Waals surface area (Å²) in [7, 11) is 0. The smallest absolute Gasteiger partial charge is 0.143 e. The number of hydrogen-bond acceptors (Lipinski definition) is 5. The molecule has 0 bridgehead atoms. The summed E-state index contributed by atoms with van der Waals surface area (Å²) in [6.07, 6.45) is 4.99. The number of rotatable bonds is 1. The van der Waals surface area contributed by atoms with E-state index in [1.54, 1.807) is 17.5 Å². The fraction of sp³-hybridized carbons (Fsp3) is 0.125. The summed E-state index contributed by atoms with van der Waals surface area (Å²) in [5.41, 5.74) is 6.24. The van der Waals surface area contributed by atoms with E-state index in [0.29, 0.717) is 5.82 Å². The molecular formula is C8H8N4S. The molecule has 2 rings (SSSR count). The summed E-state index contributed by atoms with van der Waals surface area (Å²) < 4.78 is 0. The number of nitrogens with zero attached hydrogens (tertiary/aromatic N) is 3. The SMILES string of the molecule is Cc1cnc(-c2cncc(N)n2)s1. The molecule has 0 aromatic carbocycles. The molecule has 2 aromatic rings. The normalized spacial score (nSPS) is 10.2. The number of anilines is 1. The lowest BCUT2D eigenvalue weighted by molar-refractivity contribution is 1.20. The first kappa shape index (κ1) is 8.12. The molecule has 0 aliphatic carbocycles. The number of nitrogens with two attached hydrogens (primary N) is 1. The van der Waals surface area contributed by atoms with Gasteiger partial charge >= 0.3 is 0 Å². The molecule has 5 heteroatoms. The van der Waals surface area contributed by atoms with Crippen molar-refractivity contribution in [1.82, 2.24) is 15.0 Å². The first-order chi connectivity index (χ1) is 6.25. The molecule has 0 fully saturated rings. The Balaban J connectivity index is 2.46. The first-order valence-electron chi connectivity index (χ1n) is 3.76. The van der Waals surface area contributed by atoms with Gasteiger partial charge in [-0.15, -0.1) is 11.3 Å². The van der Waals surface area contributed by atoms with Gasteiger partial charge in [0, 0.05) is 11.1 Å².